The van der Waals surface area contributed by atoms with Gasteiger partial charge in [0.05, 0.1) is 12.7 Å². The van der Waals surface area contributed by atoms with E-state index in [1.54, 1.807) is 48.5 Å². The van der Waals surface area contributed by atoms with Crippen molar-refractivity contribution in [2.45, 2.75) is 0 Å². The number of anilines is 1. The molecule has 2 aromatic rings. The number of benzene rings is 2. The van der Waals surface area contributed by atoms with Crippen LogP contribution < -0.4 is 10.6 Å². The molecule has 0 heterocycles. The summed E-state index contributed by atoms with van der Waals surface area (Å²) in [5.74, 6) is -1.09. The molecule has 6 heteroatoms. The Labute approximate surface area is 145 Å². The third kappa shape index (κ3) is 4.78. The number of hydrogen-bond donors (Lipinski definition) is 2. The first-order chi connectivity index (χ1) is 12.0. The van der Waals surface area contributed by atoms with Gasteiger partial charge >= 0.3 is 5.97 Å². The van der Waals surface area contributed by atoms with Crippen LogP contribution in [0.3, 0.4) is 0 Å². The average Bonchev–Trinajstić information content (AvgIpc) is 2.66. The molecule has 25 heavy (non-hydrogen) atoms. The predicted molar refractivity (Wildman–Crippen MR) is 94.7 cm³/mol. The molecule has 2 aromatic carbocycles. The highest BCUT2D eigenvalue weighted by Crippen LogP contribution is 2.13. The minimum Gasteiger partial charge on any atom is -0.465 e. The number of rotatable bonds is 6. The third-order valence-electron chi connectivity index (χ3n) is 3.36. The molecule has 0 aliphatic heterocycles. The van der Waals surface area contributed by atoms with Crippen molar-refractivity contribution in [1.29, 1.82) is 0 Å². The van der Waals surface area contributed by atoms with E-state index in [0.29, 0.717) is 28.9 Å². The van der Waals surface area contributed by atoms with Crippen LogP contribution in [-0.4, -0.2) is 31.4 Å². The summed E-state index contributed by atoms with van der Waals surface area (Å²) in [6.45, 7) is 3.88. The van der Waals surface area contributed by atoms with E-state index in [4.69, 9.17) is 0 Å². The highest BCUT2D eigenvalue weighted by Gasteiger charge is 2.11. The molecule has 0 aliphatic carbocycles. The van der Waals surface area contributed by atoms with Crippen LogP contribution in [0.1, 0.15) is 31.1 Å². The number of methoxy groups -OCH3 is 1. The third-order valence-corrected chi connectivity index (χ3v) is 3.36. The standard InChI is InChI=1S/C19H18N2O4/c1-3-11-20-17(22)14-5-4-6-15(12-14)18(23)21-16-9-7-13(8-10-16)19(24)25-2/h3-10,12H,1,11H2,2H3,(H,20,22)(H,21,23). The van der Waals surface area contributed by atoms with Crippen LogP contribution in [0.15, 0.2) is 61.2 Å². The lowest BCUT2D eigenvalue weighted by Gasteiger charge is -2.08. The Balaban J connectivity index is 2.09. The zero-order chi connectivity index (χ0) is 18.2. The van der Waals surface area contributed by atoms with Gasteiger partial charge in [-0.1, -0.05) is 12.1 Å². The molecule has 0 radical (unpaired) electrons. The number of amides is 2. The molecular weight excluding hydrogens is 320 g/mol. The Morgan fingerprint density at radius 2 is 1.64 bits per heavy atom. The van der Waals surface area contributed by atoms with Crippen LogP contribution in [0.2, 0.25) is 0 Å². The molecule has 0 bridgehead atoms. The van der Waals surface area contributed by atoms with E-state index in [1.165, 1.54) is 13.2 Å². The van der Waals surface area contributed by atoms with Gasteiger partial charge in [-0.25, -0.2) is 4.79 Å². The predicted octanol–water partition coefficient (Wildman–Crippen LogP) is 2.64. The quantitative estimate of drug-likeness (QED) is 0.626. The van der Waals surface area contributed by atoms with Crippen LogP contribution in [0, 0.1) is 0 Å². The van der Waals surface area contributed by atoms with Gasteiger partial charge in [0, 0.05) is 23.4 Å². The van der Waals surface area contributed by atoms with Gasteiger partial charge in [-0.3, -0.25) is 9.59 Å². The summed E-state index contributed by atoms with van der Waals surface area (Å²) in [4.78, 5) is 35.7. The van der Waals surface area contributed by atoms with Gasteiger partial charge in [-0.05, 0) is 42.5 Å². The topological polar surface area (TPSA) is 84.5 Å². The van der Waals surface area contributed by atoms with Crippen LogP contribution in [-0.2, 0) is 4.74 Å². The number of carbonyl (C=O) groups is 3. The maximum absolute atomic E-state index is 12.3. The van der Waals surface area contributed by atoms with E-state index >= 15 is 0 Å². The molecule has 0 saturated carbocycles. The van der Waals surface area contributed by atoms with E-state index in [9.17, 15) is 14.4 Å². The molecule has 0 atom stereocenters. The minimum atomic E-state index is -0.448. The molecule has 0 spiro atoms. The fourth-order valence-electron chi connectivity index (χ4n) is 2.08. The second-order valence-electron chi connectivity index (χ2n) is 5.10. The number of nitrogens with one attached hydrogen (secondary N) is 2. The molecule has 2 amide bonds. The van der Waals surface area contributed by atoms with Gasteiger partial charge in [0.25, 0.3) is 11.8 Å². The minimum absolute atomic E-state index is 0.281. The lowest BCUT2D eigenvalue weighted by Crippen LogP contribution is -2.23. The summed E-state index contributed by atoms with van der Waals surface area (Å²) < 4.78 is 4.62. The maximum atomic E-state index is 12.3. The second kappa shape index (κ2) is 8.44. The van der Waals surface area contributed by atoms with E-state index < -0.39 is 5.97 Å². The van der Waals surface area contributed by atoms with Gasteiger partial charge in [-0.15, -0.1) is 6.58 Å². The number of esters is 1. The van der Waals surface area contributed by atoms with Crippen molar-refractivity contribution < 1.29 is 19.1 Å². The summed E-state index contributed by atoms with van der Waals surface area (Å²) in [5, 5.41) is 5.37. The van der Waals surface area contributed by atoms with E-state index in [0.717, 1.165) is 0 Å². The molecule has 128 valence electrons. The first-order valence-electron chi connectivity index (χ1n) is 7.54. The first kappa shape index (κ1) is 17.9. The van der Waals surface area contributed by atoms with Crippen molar-refractivity contribution in [2.24, 2.45) is 0 Å². The van der Waals surface area contributed by atoms with E-state index in [1.807, 2.05) is 0 Å². The fraction of sp³-hybridized carbons (Fsp3) is 0.105. The molecule has 6 nitrogen and oxygen atoms in total. The average molecular weight is 338 g/mol. The smallest absolute Gasteiger partial charge is 0.337 e. The zero-order valence-electron chi connectivity index (χ0n) is 13.7. The maximum Gasteiger partial charge on any atom is 0.337 e. The fourth-order valence-corrected chi connectivity index (χ4v) is 2.08. The van der Waals surface area contributed by atoms with Crippen LogP contribution in [0.25, 0.3) is 0 Å². The number of ether oxygens (including phenoxy) is 1. The zero-order valence-corrected chi connectivity index (χ0v) is 13.7. The normalized spacial score (nSPS) is 9.80. The Bertz CT molecular complexity index is 797. The number of carbonyl (C=O) groups excluding carboxylic acids is 3. The summed E-state index contributed by atoms with van der Waals surface area (Å²) in [7, 11) is 1.30. The van der Waals surface area contributed by atoms with Crippen LogP contribution in [0.4, 0.5) is 5.69 Å². The van der Waals surface area contributed by atoms with Crippen molar-refractivity contribution in [3.8, 4) is 0 Å². The van der Waals surface area contributed by atoms with Gasteiger partial charge in [-0.2, -0.15) is 0 Å². The van der Waals surface area contributed by atoms with Crippen molar-refractivity contribution >= 4 is 23.5 Å². The van der Waals surface area contributed by atoms with Crippen molar-refractivity contribution in [3.05, 3.63) is 77.9 Å². The molecule has 2 rings (SSSR count). The van der Waals surface area contributed by atoms with Gasteiger partial charge < -0.3 is 15.4 Å². The van der Waals surface area contributed by atoms with Crippen molar-refractivity contribution in [1.82, 2.24) is 5.32 Å². The highest BCUT2D eigenvalue weighted by molar-refractivity contribution is 6.06. The lowest BCUT2D eigenvalue weighted by molar-refractivity contribution is 0.0600. The largest absolute Gasteiger partial charge is 0.465 e. The Hall–Kier alpha value is -3.41. The van der Waals surface area contributed by atoms with E-state index in [2.05, 4.69) is 21.9 Å². The van der Waals surface area contributed by atoms with E-state index in [-0.39, 0.29) is 11.8 Å². The van der Waals surface area contributed by atoms with Gasteiger partial charge in [0.2, 0.25) is 0 Å². The number of hydrogen-bond acceptors (Lipinski definition) is 4. The van der Waals surface area contributed by atoms with Crippen LogP contribution >= 0.6 is 0 Å². The summed E-state index contributed by atoms with van der Waals surface area (Å²) in [6.07, 6.45) is 1.58. The molecule has 0 aromatic heterocycles. The summed E-state index contributed by atoms with van der Waals surface area (Å²) in [6, 6.07) is 12.7. The SMILES string of the molecule is C=CCNC(=O)c1cccc(C(=O)Nc2ccc(C(=O)OC)cc2)c1. The lowest BCUT2D eigenvalue weighted by atomic mass is 10.1. The molecular formula is C19H18N2O4. The van der Waals surface area contributed by atoms with Crippen LogP contribution in [0.5, 0.6) is 0 Å². The first-order valence-corrected chi connectivity index (χ1v) is 7.54. The molecule has 0 aliphatic rings. The highest BCUT2D eigenvalue weighted by atomic mass is 16.5. The van der Waals surface area contributed by atoms with Crippen molar-refractivity contribution in [3.63, 3.8) is 0 Å². The van der Waals surface area contributed by atoms with Gasteiger partial charge in [0.15, 0.2) is 0 Å². The Morgan fingerprint density at radius 3 is 2.24 bits per heavy atom. The Morgan fingerprint density at radius 1 is 1.00 bits per heavy atom. The summed E-state index contributed by atoms with van der Waals surface area (Å²) >= 11 is 0. The monoisotopic (exact) mass is 338 g/mol. The second-order valence-corrected chi connectivity index (χ2v) is 5.10. The van der Waals surface area contributed by atoms with Gasteiger partial charge in [0.1, 0.15) is 0 Å². The summed E-state index contributed by atoms with van der Waals surface area (Å²) in [5.41, 5.74) is 1.65. The molecule has 0 saturated heterocycles. The van der Waals surface area contributed by atoms with Crippen molar-refractivity contribution in [2.75, 3.05) is 19.0 Å². The Kier molecular flexibility index (Phi) is 6.06. The molecule has 2 N–H and O–H groups in total. The molecule has 0 unspecified atom stereocenters. The molecule has 0 fully saturated rings.